The van der Waals surface area contributed by atoms with E-state index in [4.69, 9.17) is 0 Å². The Morgan fingerprint density at radius 3 is 2.95 bits per heavy atom. The number of fused-ring (bicyclic) bond motifs is 4. The molecule has 4 rings (SSSR count). The van der Waals surface area contributed by atoms with Gasteiger partial charge in [0.25, 0.3) is 11.2 Å². The lowest BCUT2D eigenvalue weighted by atomic mass is 10.1. The molecule has 0 fully saturated rings. The van der Waals surface area contributed by atoms with Gasteiger partial charge in [0, 0.05) is 24.8 Å². The van der Waals surface area contributed by atoms with Crippen LogP contribution in [0, 0.1) is 10.1 Å². The van der Waals surface area contributed by atoms with E-state index in [1.54, 1.807) is 24.5 Å². The highest BCUT2D eigenvalue weighted by Crippen LogP contribution is 2.29. The SMILES string of the molecule is O=c1c2ccncc2nc2n1-c1ccc([N+](=O)[O-])cc1C2. The van der Waals surface area contributed by atoms with Gasteiger partial charge in [0.2, 0.25) is 0 Å². The molecule has 3 heterocycles. The predicted octanol–water partition coefficient (Wildman–Crippen LogP) is 1.59. The van der Waals surface area contributed by atoms with Crippen molar-refractivity contribution in [2.24, 2.45) is 0 Å². The van der Waals surface area contributed by atoms with Gasteiger partial charge in [-0.25, -0.2) is 4.98 Å². The highest BCUT2D eigenvalue weighted by Gasteiger charge is 2.24. The Labute approximate surface area is 117 Å². The minimum Gasteiger partial charge on any atom is -0.268 e. The zero-order valence-electron chi connectivity index (χ0n) is 10.7. The first-order valence-electron chi connectivity index (χ1n) is 6.28. The number of nitro groups is 1. The monoisotopic (exact) mass is 280 g/mol. The molecule has 0 unspecified atom stereocenters. The summed E-state index contributed by atoms with van der Waals surface area (Å²) in [6, 6.07) is 6.12. The van der Waals surface area contributed by atoms with Crippen LogP contribution in [0.1, 0.15) is 11.4 Å². The standard InChI is InChI=1S/C14H8N4O3/c19-14-10-3-4-15-7-11(10)16-13-6-8-5-9(18(20)21)1-2-12(8)17(13)14/h1-5,7H,6H2. The molecule has 1 aliphatic heterocycles. The quantitative estimate of drug-likeness (QED) is 0.390. The second-order valence-electron chi connectivity index (χ2n) is 4.81. The maximum Gasteiger partial charge on any atom is 0.269 e. The van der Waals surface area contributed by atoms with Crippen molar-refractivity contribution in [2.75, 3.05) is 0 Å². The van der Waals surface area contributed by atoms with Gasteiger partial charge in [0.15, 0.2) is 0 Å². The van der Waals surface area contributed by atoms with Crippen LogP contribution in [0.25, 0.3) is 16.6 Å². The number of benzene rings is 1. The molecule has 0 aliphatic carbocycles. The molecule has 21 heavy (non-hydrogen) atoms. The van der Waals surface area contributed by atoms with Crippen molar-refractivity contribution in [1.82, 2.24) is 14.5 Å². The number of nitrogens with zero attached hydrogens (tertiary/aromatic N) is 4. The molecule has 1 aromatic carbocycles. The van der Waals surface area contributed by atoms with Gasteiger partial charge in [0.05, 0.1) is 27.7 Å². The van der Waals surface area contributed by atoms with Crippen LogP contribution in [0.4, 0.5) is 5.69 Å². The molecule has 3 aromatic rings. The summed E-state index contributed by atoms with van der Waals surface area (Å²) >= 11 is 0. The first kappa shape index (κ1) is 11.7. The largest absolute Gasteiger partial charge is 0.269 e. The van der Waals surface area contributed by atoms with Gasteiger partial charge < -0.3 is 0 Å². The van der Waals surface area contributed by atoms with Crippen molar-refractivity contribution in [2.45, 2.75) is 6.42 Å². The Morgan fingerprint density at radius 1 is 1.29 bits per heavy atom. The molecule has 7 nitrogen and oxygen atoms in total. The fourth-order valence-corrected chi connectivity index (χ4v) is 2.67. The van der Waals surface area contributed by atoms with Gasteiger partial charge in [-0.05, 0) is 17.7 Å². The van der Waals surface area contributed by atoms with Crippen LogP contribution < -0.4 is 5.56 Å². The number of nitro benzene ring substituents is 1. The van der Waals surface area contributed by atoms with Crippen LogP contribution in [-0.2, 0) is 6.42 Å². The molecular formula is C14H8N4O3. The number of aromatic nitrogens is 3. The Balaban J connectivity index is 2.03. The molecule has 0 spiro atoms. The summed E-state index contributed by atoms with van der Waals surface area (Å²) in [4.78, 5) is 31.4. The van der Waals surface area contributed by atoms with Crippen molar-refractivity contribution in [3.63, 3.8) is 0 Å². The van der Waals surface area contributed by atoms with E-state index in [0.29, 0.717) is 28.8 Å². The summed E-state index contributed by atoms with van der Waals surface area (Å²) in [6.45, 7) is 0. The van der Waals surface area contributed by atoms with E-state index in [0.717, 1.165) is 5.56 Å². The van der Waals surface area contributed by atoms with E-state index in [9.17, 15) is 14.9 Å². The molecule has 0 radical (unpaired) electrons. The Kier molecular flexibility index (Phi) is 2.20. The second kappa shape index (κ2) is 3.95. The van der Waals surface area contributed by atoms with Gasteiger partial charge in [0.1, 0.15) is 5.82 Å². The topological polar surface area (TPSA) is 90.9 Å². The third-order valence-electron chi connectivity index (χ3n) is 3.60. The number of non-ortho nitro benzene ring substituents is 1. The van der Waals surface area contributed by atoms with Crippen LogP contribution in [0.2, 0.25) is 0 Å². The highest BCUT2D eigenvalue weighted by molar-refractivity contribution is 5.77. The van der Waals surface area contributed by atoms with Crippen molar-refractivity contribution in [1.29, 1.82) is 0 Å². The highest BCUT2D eigenvalue weighted by atomic mass is 16.6. The minimum atomic E-state index is -0.445. The van der Waals surface area contributed by atoms with Gasteiger partial charge in [-0.1, -0.05) is 0 Å². The van der Waals surface area contributed by atoms with Crippen LogP contribution in [0.15, 0.2) is 41.5 Å². The molecule has 0 saturated heterocycles. The number of hydrogen-bond donors (Lipinski definition) is 0. The summed E-state index contributed by atoms with van der Waals surface area (Å²) in [5, 5.41) is 11.3. The van der Waals surface area contributed by atoms with E-state index in [1.165, 1.54) is 16.7 Å². The lowest BCUT2D eigenvalue weighted by Crippen LogP contribution is -2.20. The summed E-state index contributed by atoms with van der Waals surface area (Å²) in [7, 11) is 0. The molecule has 0 amide bonds. The molecule has 102 valence electrons. The summed E-state index contributed by atoms with van der Waals surface area (Å²) in [5.74, 6) is 0.580. The van der Waals surface area contributed by atoms with Gasteiger partial charge >= 0.3 is 0 Å². The van der Waals surface area contributed by atoms with Crippen LogP contribution in [0.5, 0.6) is 0 Å². The lowest BCUT2D eigenvalue weighted by Gasteiger charge is -2.05. The molecule has 2 aromatic heterocycles. The zero-order chi connectivity index (χ0) is 14.6. The number of rotatable bonds is 1. The van der Waals surface area contributed by atoms with Crippen LogP contribution in [0.3, 0.4) is 0 Å². The summed E-state index contributed by atoms with van der Waals surface area (Å²) in [5.41, 5.74) is 1.77. The van der Waals surface area contributed by atoms with E-state index < -0.39 is 4.92 Å². The van der Waals surface area contributed by atoms with E-state index in [-0.39, 0.29) is 11.2 Å². The fourth-order valence-electron chi connectivity index (χ4n) is 2.67. The average molecular weight is 280 g/mol. The number of hydrogen-bond acceptors (Lipinski definition) is 5. The smallest absolute Gasteiger partial charge is 0.268 e. The van der Waals surface area contributed by atoms with Gasteiger partial charge in [-0.3, -0.25) is 24.5 Å². The Morgan fingerprint density at radius 2 is 2.14 bits per heavy atom. The molecule has 0 bridgehead atoms. The van der Waals surface area contributed by atoms with Crippen molar-refractivity contribution < 1.29 is 4.92 Å². The van der Waals surface area contributed by atoms with E-state index in [1.807, 2.05) is 0 Å². The molecule has 1 aliphatic rings. The zero-order valence-corrected chi connectivity index (χ0v) is 10.7. The molecular weight excluding hydrogens is 272 g/mol. The molecule has 7 heteroatoms. The second-order valence-corrected chi connectivity index (χ2v) is 4.81. The molecule has 0 saturated carbocycles. The van der Waals surface area contributed by atoms with E-state index in [2.05, 4.69) is 9.97 Å². The Hall–Kier alpha value is -3.09. The fraction of sp³-hybridized carbons (Fsp3) is 0.0714. The van der Waals surface area contributed by atoms with Crippen LogP contribution in [-0.4, -0.2) is 19.5 Å². The Bertz CT molecular complexity index is 978. The molecule has 0 atom stereocenters. The van der Waals surface area contributed by atoms with Crippen molar-refractivity contribution in [3.8, 4) is 5.69 Å². The van der Waals surface area contributed by atoms with E-state index >= 15 is 0 Å². The molecule has 0 N–H and O–H groups in total. The predicted molar refractivity (Wildman–Crippen MR) is 74.6 cm³/mol. The van der Waals surface area contributed by atoms with Crippen molar-refractivity contribution in [3.05, 3.63) is 68.5 Å². The van der Waals surface area contributed by atoms with Crippen LogP contribution >= 0.6 is 0 Å². The summed E-state index contributed by atoms with van der Waals surface area (Å²) < 4.78 is 1.52. The third-order valence-corrected chi connectivity index (χ3v) is 3.60. The minimum absolute atomic E-state index is 0.0147. The maximum absolute atomic E-state index is 12.6. The first-order chi connectivity index (χ1) is 10.1. The van der Waals surface area contributed by atoms with Gasteiger partial charge in [-0.2, -0.15) is 0 Å². The summed E-state index contributed by atoms with van der Waals surface area (Å²) in [6.07, 6.45) is 3.49. The van der Waals surface area contributed by atoms with Crippen molar-refractivity contribution >= 4 is 16.6 Å². The number of pyridine rings is 1. The normalized spacial score (nSPS) is 12.2. The first-order valence-corrected chi connectivity index (χ1v) is 6.28. The third kappa shape index (κ3) is 1.57. The lowest BCUT2D eigenvalue weighted by molar-refractivity contribution is -0.384. The van der Waals surface area contributed by atoms with Gasteiger partial charge in [-0.15, -0.1) is 0 Å². The average Bonchev–Trinajstić information content (AvgIpc) is 2.84. The maximum atomic E-state index is 12.6.